The molecule has 33 heavy (non-hydrogen) atoms. The first-order chi connectivity index (χ1) is 15.9. The number of hydrogen-bond acceptors (Lipinski definition) is 5. The molecule has 1 fully saturated rings. The van der Waals surface area contributed by atoms with Crippen molar-refractivity contribution in [3.63, 3.8) is 0 Å². The van der Waals surface area contributed by atoms with Crippen LogP contribution in [0.5, 0.6) is 0 Å². The van der Waals surface area contributed by atoms with E-state index in [1.54, 1.807) is 73.7 Å². The predicted octanol–water partition coefficient (Wildman–Crippen LogP) is 5.14. The number of esters is 1. The van der Waals surface area contributed by atoms with Crippen molar-refractivity contribution >= 4 is 40.7 Å². The van der Waals surface area contributed by atoms with Crippen LogP contribution in [-0.4, -0.2) is 29.4 Å². The Kier molecular flexibility index (Phi) is 6.29. The van der Waals surface area contributed by atoms with Gasteiger partial charge in [-0.2, -0.15) is 0 Å². The topological polar surface area (TPSA) is 83.9 Å². The molecule has 6 nitrogen and oxygen atoms in total. The van der Waals surface area contributed by atoms with Gasteiger partial charge < -0.3 is 9.84 Å². The largest absolute Gasteiger partial charge is 0.507 e. The van der Waals surface area contributed by atoms with E-state index in [9.17, 15) is 19.5 Å². The number of ether oxygens (including phenoxy) is 1. The molecule has 1 saturated heterocycles. The van der Waals surface area contributed by atoms with E-state index in [1.165, 1.54) is 17.0 Å². The normalized spacial score (nSPS) is 17.3. The highest BCUT2D eigenvalue weighted by molar-refractivity contribution is 6.51. The zero-order valence-corrected chi connectivity index (χ0v) is 18.5. The lowest BCUT2D eigenvalue weighted by atomic mass is 9.95. The van der Waals surface area contributed by atoms with Gasteiger partial charge in [0, 0.05) is 16.3 Å². The molecule has 0 aliphatic carbocycles. The van der Waals surface area contributed by atoms with E-state index < -0.39 is 23.7 Å². The Hall–Kier alpha value is -3.90. The number of amides is 1. The molecule has 0 spiro atoms. The van der Waals surface area contributed by atoms with Gasteiger partial charge in [-0.05, 0) is 48.9 Å². The summed E-state index contributed by atoms with van der Waals surface area (Å²) in [5, 5.41) is 11.5. The highest BCUT2D eigenvalue weighted by atomic mass is 35.5. The van der Waals surface area contributed by atoms with Crippen LogP contribution < -0.4 is 4.90 Å². The zero-order chi connectivity index (χ0) is 23.5. The minimum Gasteiger partial charge on any atom is -0.507 e. The molecule has 1 aliphatic rings. The molecule has 1 N–H and O–H groups in total. The van der Waals surface area contributed by atoms with Crippen molar-refractivity contribution in [2.45, 2.75) is 13.0 Å². The summed E-state index contributed by atoms with van der Waals surface area (Å²) in [7, 11) is 0. The fraction of sp³-hybridized carbons (Fsp3) is 0.115. The van der Waals surface area contributed by atoms with Gasteiger partial charge in [0.15, 0.2) is 0 Å². The van der Waals surface area contributed by atoms with Crippen molar-refractivity contribution in [2.24, 2.45) is 0 Å². The summed E-state index contributed by atoms with van der Waals surface area (Å²) in [6.07, 6.45) is 0. The van der Waals surface area contributed by atoms with Gasteiger partial charge in [-0.25, -0.2) is 4.79 Å². The van der Waals surface area contributed by atoms with Crippen molar-refractivity contribution in [1.29, 1.82) is 0 Å². The number of aliphatic hydroxyl groups is 1. The summed E-state index contributed by atoms with van der Waals surface area (Å²) in [4.78, 5) is 39.6. The van der Waals surface area contributed by atoms with E-state index in [0.717, 1.165) is 0 Å². The van der Waals surface area contributed by atoms with Gasteiger partial charge in [0.1, 0.15) is 5.76 Å². The standard InChI is InChI=1S/C26H20ClNO5/c1-2-33-26(32)18-10-14-20(15-11-18)28-22(16-8-12-19(27)13-9-16)21(24(30)25(28)31)23(29)17-6-4-3-5-7-17/h3-15,22,29H,2H2,1H3. The summed E-state index contributed by atoms with van der Waals surface area (Å²) >= 11 is 6.04. The van der Waals surface area contributed by atoms with Gasteiger partial charge in [-0.15, -0.1) is 0 Å². The maximum Gasteiger partial charge on any atom is 0.338 e. The van der Waals surface area contributed by atoms with Crippen LogP contribution in [0.15, 0.2) is 84.4 Å². The van der Waals surface area contributed by atoms with Gasteiger partial charge in [0.25, 0.3) is 11.7 Å². The molecule has 0 aromatic heterocycles. The van der Waals surface area contributed by atoms with Crippen molar-refractivity contribution in [3.05, 3.63) is 106 Å². The van der Waals surface area contributed by atoms with E-state index in [1.807, 2.05) is 0 Å². The molecule has 0 saturated carbocycles. The van der Waals surface area contributed by atoms with Crippen LogP contribution in [0.25, 0.3) is 5.76 Å². The van der Waals surface area contributed by atoms with Crippen LogP contribution in [0, 0.1) is 0 Å². The maximum atomic E-state index is 13.1. The van der Waals surface area contributed by atoms with Crippen LogP contribution in [0.4, 0.5) is 5.69 Å². The fourth-order valence-corrected chi connectivity index (χ4v) is 3.91. The Morgan fingerprint density at radius 1 is 0.939 bits per heavy atom. The Balaban J connectivity index is 1.85. The van der Waals surface area contributed by atoms with Crippen LogP contribution >= 0.6 is 11.6 Å². The molecule has 3 aromatic carbocycles. The van der Waals surface area contributed by atoms with Gasteiger partial charge in [0.2, 0.25) is 0 Å². The number of nitrogens with zero attached hydrogens (tertiary/aromatic N) is 1. The third-order valence-corrected chi connectivity index (χ3v) is 5.59. The lowest BCUT2D eigenvalue weighted by Crippen LogP contribution is -2.29. The SMILES string of the molecule is CCOC(=O)c1ccc(N2C(=O)C(=O)C(=C(O)c3ccccc3)C2c2ccc(Cl)cc2)cc1. The number of hydrogen-bond donors (Lipinski definition) is 1. The van der Waals surface area contributed by atoms with Crippen molar-refractivity contribution in [3.8, 4) is 0 Å². The second-order valence-electron chi connectivity index (χ2n) is 7.35. The molecule has 4 rings (SSSR count). The smallest absolute Gasteiger partial charge is 0.338 e. The molecule has 0 radical (unpaired) electrons. The first-order valence-electron chi connectivity index (χ1n) is 10.3. The summed E-state index contributed by atoms with van der Waals surface area (Å²) < 4.78 is 5.00. The number of rotatable bonds is 5. The van der Waals surface area contributed by atoms with Crippen LogP contribution in [-0.2, 0) is 14.3 Å². The highest BCUT2D eigenvalue weighted by Gasteiger charge is 2.46. The van der Waals surface area contributed by atoms with Crippen LogP contribution in [0.2, 0.25) is 5.02 Å². The molecule has 1 unspecified atom stereocenters. The monoisotopic (exact) mass is 461 g/mol. The molecule has 1 aliphatic heterocycles. The predicted molar refractivity (Wildman–Crippen MR) is 125 cm³/mol. The number of benzene rings is 3. The number of Topliss-reactive ketones (excluding diaryl/α,β-unsaturated/α-hetero) is 1. The van der Waals surface area contributed by atoms with Gasteiger partial charge in [0.05, 0.1) is 23.8 Å². The van der Waals surface area contributed by atoms with E-state index in [-0.39, 0.29) is 17.9 Å². The molecular formula is C26H20ClNO5. The molecular weight excluding hydrogens is 442 g/mol. The zero-order valence-electron chi connectivity index (χ0n) is 17.7. The van der Waals surface area contributed by atoms with E-state index in [2.05, 4.69) is 0 Å². The number of ketones is 1. The van der Waals surface area contributed by atoms with Crippen molar-refractivity contribution in [2.75, 3.05) is 11.5 Å². The lowest BCUT2D eigenvalue weighted by molar-refractivity contribution is -0.132. The minimum atomic E-state index is -0.879. The molecule has 1 atom stereocenters. The fourth-order valence-electron chi connectivity index (χ4n) is 3.78. The van der Waals surface area contributed by atoms with Gasteiger partial charge in [-0.3, -0.25) is 14.5 Å². The Morgan fingerprint density at radius 2 is 1.58 bits per heavy atom. The van der Waals surface area contributed by atoms with E-state index >= 15 is 0 Å². The van der Waals surface area contributed by atoms with Crippen molar-refractivity contribution in [1.82, 2.24) is 0 Å². The second-order valence-corrected chi connectivity index (χ2v) is 7.79. The maximum absolute atomic E-state index is 13.1. The Morgan fingerprint density at radius 3 is 2.18 bits per heavy atom. The summed E-state index contributed by atoms with van der Waals surface area (Å²) in [5.74, 6) is -2.33. The quantitative estimate of drug-likeness (QED) is 0.246. The van der Waals surface area contributed by atoms with Crippen LogP contribution in [0.3, 0.4) is 0 Å². The summed E-state index contributed by atoms with van der Waals surface area (Å²) in [6, 6.07) is 20.6. The average molecular weight is 462 g/mol. The average Bonchev–Trinajstić information content (AvgIpc) is 3.10. The van der Waals surface area contributed by atoms with Gasteiger partial charge >= 0.3 is 5.97 Å². The van der Waals surface area contributed by atoms with E-state index in [4.69, 9.17) is 16.3 Å². The third kappa shape index (κ3) is 4.25. The third-order valence-electron chi connectivity index (χ3n) is 5.33. The molecule has 7 heteroatoms. The summed E-state index contributed by atoms with van der Waals surface area (Å²) in [6.45, 7) is 1.95. The second kappa shape index (κ2) is 9.30. The van der Waals surface area contributed by atoms with Crippen molar-refractivity contribution < 1.29 is 24.2 Å². The summed E-state index contributed by atoms with van der Waals surface area (Å²) in [5.41, 5.74) is 1.72. The number of carbonyl (C=O) groups excluding carboxylic acids is 3. The Labute approximate surface area is 195 Å². The molecule has 3 aromatic rings. The van der Waals surface area contributed by atoms with E-state index in [0.29, 0.717) is 27.4 Å². The lowest BCUT2D eigenvalue weighted by Gasteiger charge is -2.25. The molecule has 166 valence electrons. The first kappa shape index (κ1) is 22.3. The van der Waals surface area contributed by atoms with Crippen LogP contribution in [0.1, 0.15) is 34.5 Å². The van der Waals surface area contributed by atoms with Gasteiger partial charge in [-0.1, -0.05) is 54.1 Å². The molecule has 1 heterocycles. The number of carbonyl (C=O) groups is 3. The Bertz CT molecular complexity index is 1230. The minimum absolute atomic E-state index is 0.0250. The molecule has 0 bridgehead atoms. The number of aliphatic hydroxyl groups excluding tert-OH is 1. The molecule has 1 amide bonds. The number of halogens is 1. The number of anilines is 1. The first-order valence-corrected chi connectivity index (χ1v) is 10.7. The highest BCUT2D eigenvalue weighted by Crippen LogP contribution is 2.42.